The van der Waals surface area contributed by atoms with E-state index in [2.05, 4.69) is 42.8 Å². The molecule has 38 heavy (non-hydrogen) atoms. The number of likely N-dealkylation sites (tertiary alicyclic amines) is 1. The fourth-order valence-electron chi connectivity index (χ4n) is 5.51. The molecule has 2 fully saturated rings. The summed E-state index contributed by atoms with van der Waals surface area (Å²) >= 11 is 0. The number of likely N-dealkylation sites (N-methyl/N-ethyl adjacent to an activating group) is 1. The van der Waals surface area contributed by atoms with Crippen molar-refractivity contribution in [1.82, 2.24) is 30.4 Å². The third-order valence-electron chi connectivity index (χ3n) is 7.71. The summed E-state index contributed by atoms with van der Waals surface area (Å²) in [5.74, 6) is -0.358. The van der Waals surface area contributed by atoms with E-state index >= 15 is 0 Å². The van der Waals surface area contributed by atoms with Gasteiger partial charge in [-0.3, -0.25) is 14.8 Å². The van der Waals surface area contributed by atoms with Gasteiger partial charge in [0.05, 0.1) is 23.5 Å². The van der Waals surface area contributed by atoms with Crippen LogP contribution in [0.15, 0.2) is 36.4 Å². The van der Waals surface area contributed by atoms with Gasteiger partial charge in [0.25, 0.3) is 0 Å². The number of hydrazine groups is 1. The van der Waals surface area contributed by atoms with Gasteiger partial charge in [-0.05, 0) is 57.2 Å². The van der Waals surface area contributed by atoms with E-state index in [1.807, 2.05) is 18.2 Å². The second-order valence-electron chi connectivity index (χ2n) is 10.2. The number of piperazine rings is 1. The summed E-state index contributed by atoms with van der Waals surface area (Å²) in [6.07, 6.45) is 2.43. The Morgan fingerprint density at radius 1 is 1.05 bits per heavy atom. The van der Waals surface area contributed by atoms with Crippen LogP contribution < -0.4 is 15.5 Å². The topological polar surface area (TPSA) is 88.8 Å². The van der Waals surface area contributed by atoms with Crippen LogP contribution in [0.25, 0.3) is 22.5 Å². The number of anilines is 1. The first kappa shape index (κ1) is 25.0. The maximum atomic E-state index is 14.9. The van der Waals surface area contributed by atoms with E-state index in [-0.39, 0.29) is 11.5 Å². The largest absolute Gasteiger partial charge is 0.489 e. The highest BCUT2D eigenvalue weighted by atomic mass is 19.1. The van der Waals surface area contributed by atoms with Crippen LogP contribution in [-0.4, -0.2) is 96.9 Å². The zero-order chi connectivity index (χ0) is 26.1. The highest BCUT2D eigenvalue weighted by molar-refractivity contribution is 6.26. The monoisotopic (exact) mass is 519 g/mol. The van der Waals surface area contributed by atoms with Crippen LogP contribution in [0.2, 0.25) is 0 Å². The van der Waals surface area contributed by atoms with Gasteiger partial charge >= 0.3 is 0 Å². The SMILES string of the molecule is CN1CCN(NCNc2cccc3c2C(=O)c2c(-c4ccc(OCCN5CCCC5)c(F)c4)n[nH]c2-3)CC1. The first-order valence-electron chi connectivity index (χ1n) is 13.4. The Labute approximate surface area is 221 Å². The number of hydrogen-bond acceptors (Lipinski definition) is 8. The van der Waals surface area contributed by atoms with E-state index < -0.39 is 5.82 Å². The molecule has 0 unspecified atom stereocenters. The van der Waals surface area contributed by atoms with Crippen LogP contribution in [0, 0.1) is 5.82 Å². The molecule has 2 saturated heterocycles. The molecule has 0 saturated carbocycles. The van der Waals surface area contributed by atoms with E-state index in [1.54, 1.807) is 12.1 Å². The number of fused-ring (bicyclic) bond motifs is 3. The van der Waals surface area contributed by atoms with Crippen molar-refractivity contribution in [2.75, 3.05) is 71.5 Å². The first-order chi connectivity index (χ1) is 18.6. The minimum absolute atomic E-state index is 0.118. The molecular weight excluding hydrogens is 485 g/mol. The van der Waals surface area contributed by atoms with E-state index in [9.17, 15) is 9.18 Å². The summed E-state index contributed by atoms with van der Waals surface area (Å²) in [7, 11) is 2.12. The molecule has 200 valence electrons. The van der Waals surface area contributed by atoms with Gasteiger partial charge in [-0.1, -0.05) is 12.1 Å². The minimum Gasteiger partial charge on any atom is -0.489 e. The van der Waals surface area contributed by atoms with E-state index in [1.165, 1.54) is 18.9 Å². The van der Waals surface area contributed by atoms with Gasteiger partial charge < -0.3 is 15.0 Å². The molecule has 3 aliphatic rings. The number of carbonyl (C=O) groups excluding carboxylic acids is 1. The Morgan fingerprint density at radius 2 is 1.87 bits per heavy atom. The van der Waals surface area contributed by atoms with Crippen molar-refractivity contribution in [1.29, 1.82) is 0 Å². The molecule has 3 heterocycles. The molecule has 1 aromatic heterocycles. The minimum atomic E-state index is -0.457. The number of ether oxygens (including phenoxy) is 1. The second-order valence-corrected chi connectivity index (χ2v) is 10.2. The summed E-state index contributed by atoms with van der Waals surface area (Å²) in [4.78, 5) is 18.3. The molecule has 3 N–H and O–H groups in total. The molecule has 3 aromatic rings. The van der Waals surface area contributed by atoms with Crippen LogP contribution in [0.4, 0.5) is 10.1 Å². The van der Waals surface area contributed by atoms with Gasteiger partial charge in [-0.15, -0.1) is 0 Å². The highest BCUT2D eigenvalue weighted by Gasteiger charge is 2.34. The standard InChI is InChI=1S/C28H34FN7O2/c1-34-11-13-36(14-12-34)31-18-30-22-6-4-5-20-24(22)28(37)25-26(32-33-27(20)25)19-7-8-23(21(29)17-19)38-16-15-35-9-2-3-10-35/h4-8,17,30-31H,2-3,9-16,18H2,1H3,(H,32,33). The Bertz CT molecular complexity index is 1310. The van der Waals surface area contributed by atoms with Crippen LogP contribution in [-0.2, 0) is 0 Å². The lowest BCUT2D eigenvalue weighted by Crippen LogP contribution is -2.51. The Hall–Kier alpha value is -3.31. The number of benzene rings is 2. The molecule has 0 amide bonds. The van der Waals surface area contributed by atoms with Crippen LogP contribution in [0.5, 0.6) is 5.75 Å². The molecule has 0 bridgehead atoms. The molecule has 0 atom stereocenters. The van der Waals surface area contributed by atoms with Gasteiger partial charge in [-0.25, -0.2) is 14.8 Å². The molecule has 9 nitrogen and oxygen atoms in total. The maximum absolute atomic E-state index is 14.9. The lowest BCUT2D eigenvalue weighted by Gasteiger charge is -2.32. The number of rotatable bonds is 9. The number of nitrogens with one attached hydrogen (secondary N) is 3. The zero-order valence-electron chi connectivity index (χ0n) is 21.7. The number of halogens is 1. The van der Waals surface area contributed by atoms with Crippen molar-refractivity contribution in [3.05, 3.63) is 53.3 Å². The summed E-state index contributed by atoms with van der Waals surface area (Å²) in [5, 5.41) is 13.0. The summed E-state index contributed by atoms with van der Waals surface area (Å²) in [6, 6.07) is 10.5. The van der Waals surface area contributed by atoms with Crippen LogP contribution in [0.3, 0.4) is 0 Å². The van der Waals surface area contributed by atoms with Crippen molar-refractivity contribution < 1.29 is 13.9 Å². The predicted molar refractivity (Wildman–Crippen MR) is 145 cm³/mol. The molecule has 0 spiro atoms. The highest BCUT2D eigenvalue weighted by Crippen LogP contribution is 2.43. The Morgan fingerprint density at radius 3 is 2.66 bits per heavy atom. The van der Waals surface area contributed by atoms with Crippen molar-refractivity contribution in [2.24, 2.45) is 0 Å². The zero-order valence-corrected chi connectivity index (χ0v) is 21.7. The van der Waals surface area contributed by atoms with Gasteiger partial charge in [0.2, 0.25) is 0 Å². The summed E-state index contributed by atoms with van der Waals surface area (Å²) in [6.45, 7) is 7.84. The van der Waals surface area contributed by atoms with Crippen LogP contribution in [0.1, 0.15) is 28.8 Å². The average Bonchev–Trinajstić information content (AvgIpc) is 3.66. The number of carbonyl (C=O) groups is 1. The van der Waals surface area contributed by atoms with Gasteiger partial charge in [0.1, 0.15) is 12.3 Å². The smallest absolute Gasteiger partial charge is 0.200 e. The van der Waals surface area contributed by atoms with E-state index in [4.69, 9.17) is 4.74 Å². The fourth-order valence-corrected chi connectivity index (χ4v) is 5.51. The molecule has 2 aromatic carbocycles. The number of H-pyrrole nitrogens is 1. The Kier molecular flexibility index (Phi) is 7.12. The number of aromatic nitrogens is 2. The van der Waals surface area contributed by atoms with Crippen molar-refractivity contribution >= 4 is 11.5 Å². The summed E-state index contributed by atoms with van der Waals surface area (Å²) < 4.78 is 20.7. The predicted octanol–water partition coefficient (Wildman–Crippen LogP) is 3.02. The van der Waals surface area contributed by atoms with E-state index in [0.29, 0.717) is 41.4 Å². The normalized spacial score (nSPS) is 18.1. The van der Waals surface area contributed by atoms with E-state index in [0.717, 1.165) is 57.1 Å². The van der Waals surface area contributed by atoms with Gasteiger partial charge in [-0.2, -0.15) is 5.10 Å². The van der Waals surface area contributed by atoms with Crippen molar-refractivity contribution in [3.8, 4) is 28.3 Å². The number of aromatic amines is 1. The molecular formula is C28H34FN7O2. The average molecular weight is 520 g/mol. The third-order valence-corrected chi connectivity index (χ3v) is 7.71. The third kappa shape index (κ3) is 4.92. The second kappa shape index (κ2) is 10.8. The molecule has 2 aliphatic heterocycles. The molecule has 1 aliphatic carbocycles. The quantitative estimate of drug-likeness (QED) is 0.291. The molecule has 0 radical (unpaired) electrons. The lowest BCUT2D eigenvalue weighted by molar-refractivity contribution is 0.104. The van der Waals surface area contributed by atoms with Crippen molar-refractivity contribution in [3.63, 3.8) is 0 Å². The first-order valence-corrected chi connectivity index (χ1v) is 13.4. The van der Waals surface area contributed by atoms with Gasteiger partial charge in [0, 0.05) is 49.5 Å². The number of hydrogen-bond donors (Lipinski definition) is 3. The number of ketones is 1. The van der Waals surface area contributed by atoms with Crippen molar-refractivity contribution in [2.45, 2.75) is 12.8 Å². The lowest BCUT2D eigenvalue weighted by atomic mass is 10.0. The molecule has 10 heteroatoms. The number of nitrogens with zero attached hydrogens (tertiary/aromatic N) is 4. The molecule has 6 rings (SSSR count). The fraction of sp³-hybridized carbons (Fsp3) is 0.429. The Balaban J connectivity index is 1.15. The van der Waals surface area contributed by atoms with Crippen LogP contribution >= 0.6 is 0 Å². The van der Waals surface area contributed by atoms with Gasteiger partial charge in [0.15, 0.2) is 17.3 Å². The summed E-state index contributed by atoms with van der Waals surface area (Å²) in [5.41, 5.74) is 7.71. The maximum Gasteiger partial charge on any atom is 0.200 e.